The predicted molar refractivity (Wildman–Crippen MR) is 82.5 cm³/mol. The first kappa shape index (κ1) is 15.6. The third-order valence-electron chi connectivity index (χ3n) is 3.26. The van der Waals surface area contributed by atoms with Gasteiger partial charge in [0.15, 0.2) is 5.78 Å². The molecule has 2 nitrogen and oxygen atoms in total. The monoisotopic (exact) mass is 304 g/mol. The molecule has 0 fully saturated rings. The highest BCUT2D eigenvalue weighted by Gasteiger charge is 2.11. The molecule has 0 aliphatic rings. The van der Waals surface area contributed by atoms with Gasteiger partial charge in [0.2, 0.25) is 0 Å². The summed E-state index contributed by atoms with van der Waals surface area (Å²) in [6.45, 7) is 3.90. The van der Waals surface area contributed by atoms with Gasteiger partial charge in [0.05, 0.1) is 10.8 Å². The molecule has 1 atom stereocenters. The Bertz CT molecular complexity index is 678. The molecule has 0 amide bonds. The quantitative estimate of drug-likeness (QED) is 0.787. The van der Waals surface area contributed by atoms with Gasteiger partial charge in [0.25, 0.3) is 0 Å². The van der Waals surface area contributed by atoms with Gasteiger partial charge in [-0.05, 0) is 49.7 Å². The average molecular weight is 304 g/mol. The first-order chi connectivity index (χ1) is 9.97. The fourth-order valence-corrected chi connectivity index (χ4v) is 3.36. The van der Waals surface area contributed by atoms with E-state index in [2.05, 4.69) is 0 Å². The van der Waals surface area contributed by atoms with Crippen LogP contribution in [-0.2, 0) is 10.8 Å². The van der Waals surface area contributed by atoms with Crippen LogP contribution in [0.2, 0.25) is 0 Å². The van der Waals surface area contributed by atoms with Crippen LogP contribution >= 0.6 is 0 Å². The van der Waals surface area contributed by atoms with Gasteiger partial charge in [-0.15, -0.1) is 0 Å². The molecule has 0 radical (unpaired) electrons. The van der Waals surface area contributed by atoms with Crippen LogP contribution < -0.4 is 0 Å². The highest BCUT2D eigenvalue weighted by Crippen LogP contribution is 2.16. The molecular formula is C17H17FO2S. The maximum atomic E-state index is 12.8. The topological polar surface area (TPSA) is 34.1 Å². The summed E-state index contributed by atoms with van der Waals surface area (Å²) in [5.74, 6) is -0.210. The Labute approximate surface area is 126 Å². The Morgan fingerprint density at radius 2 is 1.76 bits per heavy atom. The molecule has 21 heavy (non-hydrogen) atoms. The third kappa shape index (κ3) is 4.08. The number of Topliss-reactive ketones (excluding diaryl/α,β-unsaturated/α-hetero) is 1. The maximum absolute atomic E-state index is 12.8. The number of carbonyl (C=O) groups excluding carboxylic acids is 1. The van der Waals surface area contributed by atoms with Crippen molar-refractivity contribution >= 4 is 16.6 Å². The van der Waals surface area contributed by atoms with Gasteiger partial charge in [0.1, 0.15) is 5.82 Å². The minimum Gasteiger partial charge on any atom is -0.294 e. The average Bonchev–Trinajstić information content (AvgIpc) is 2.45. The number of benzene rings is 2. The summed E-state index contributed by atoms with van der Waals surface area (Å²) in [5.41, 5.74) is 2.55. The molecule has 0 bridgehead atoms. The Balaban J connectivity index is 2.00. The summed E-state index contributed by atoms with van der Waals surface area (Å²) >= 11 is 0. The van der Waals surface area contributed by atoms with E-state index in [9.17, 15) is 13.4 Å². The molecule has 0 saturated heterocycles. The van der Waals surface area contributed by atoms with E-state index in [4.69, 9.17) is 0 Å². The zero-order chi connectivity index (χ0) is 15.4. The van der Waals surface area contributed by atoms with E-state index in [1.165, 1.54) is 24.3 Å². The molecule has 0 heterocycles. The Morgan fingerprint density at radius 1 is 1.10 bits per heavy atom. The Kier molecular flexibility index (Phi) is 5.02. The highest BCUT2D eigenvalue weighted by molar-refractivity contribution is 7.85. The predicted octanol–water partition coefficient (Wildman–Crippen LogP) is 3.82. The van der Waals surface area contributed by atoms with Gasteiger partial charge >= 0.3 is 0 Å². The van der Waals surface area contributed by atoms with Gasteiger partial charge in [-0.2, -0.15) is 0 Å². The second-order valence-electron chi connectivity index (χ2n) is 5.00. The minimum atomic E-state index is -1.20. The van der Waals surface area contributed by atoms with E-state index in [1.807, 2.05) is 32.0 Å². The number of carbonyl (C=O) groups is 1. The van der Waals surface area contributed by atoms with Gasteiger partial charge in [-0.3, -0.25) is 9.00 Å². The van der Waals surface area contributed by atoms with E-state index >= 15 is 0 Å². The molecular weight excluding hydrogens is 287 g/mol. The van der Waals surface area contributed by atoms with Crippen molar-refractivity contribution in [2.45, 2.75) is 25.2 Å². The normalized spacial score (nSPS) is 12.1. The summed E-state index contributed by atoms with van der Waals surface area (Å²) in [6, 6.07) is 11.2. The molecule has 2 rings (SSSR count). The first-order valence-electron chi connectivity index (χ1n) is 6.72. The van der Waals surface area contributed by atoms with Crippen molar-refractivity contribution in [3.8, 4) is 0 Å². The van der Waals surface area contributed by atoms with Crippen molar-refractivity contribution in [3.63, 3.8) is 0 Å². The summed E-state index contributed by atoms with van der Waals surface area (Å²) in [6.07, 6.45) is 0.186. The van der Waals surface area contributed by atoms with Crippen molar-refractivity contribution in [2.75, 3.05) is 5.75 Å². The summed E-state index contributed by atoms with van der Waals surface area (Å²) in [5, 5.41) is 0. The van der Waals surface area contributed by atoms with Gasteiger partial charge < -0.3 is 0 Å². The van der Waals surface area contributed by atoms with Crippen molar-refractivity contribution < 1.29 is 13.4 Å². The van der Waals surface area contributed by atoms with Gasteiger partial charge in [0, 0.05) is 22.6 Å². The van der Waals surface area contributed by atoms with Crippen molar-refractivity contribution in [1.82, 2.24) is 0 Å². The van der Waals surface area contributed by atoms with Crippen molar-refractivity contribution in [2.24, 2.45) is 0 Å². The summed E-state index contributed by atoms with van der Waals surface area (Å²) in [4.78, 5) is 12.7. The van der Waals surface area contributed by atoms with Crippen LogP contribution in [0.3, 0.4) is 0 Å². The molecule has 0 aliphatic heterocycles. The lowest BCUT2D eigenvalue weighted by Crippen LogP contribution is -2.07. The molecule has 0 aromatic heterocycles. The molecule has 2 aromatic carbocycles. The first-order valence-corrected chi connectivity index (χ1v) is 8.03. The lowest BCUT2D eigenvalue weighted by Gasteiger charge is -2.07. The molecule has 0 saturated carbocycles. The van der Waals surface area contributed by atoms with E-state index in [1.54, 1.807) is 0 Å². The minimum absolute atomic E-state index is 0.117. The molecule has 110 valence electrons. The van der Waals surface area contributed by atoms with E-state index in [0.29, 0.717) is 5.56 Å². The largest absolute Gasteiger partial charge is 0.294 e. The maximum Gasteiger partial charge on any atom is 0.163 e. The fourth-order valence-electron chi connectivity index (χ4n) is 2.13. The number of halogens is 1. The van der Waals surface area contributed by atoms with Crippen LogP contribution in [0, 0.1) is 19.7 Å². The van der Waals surface area contributed by atoms with Gasteiger partial charge in [-0.1, -0.05) is 17.7 Å². The Hall–Kier alpha value is -1.81. The Morgan fingerprint density at radius 3 is 2.38 bits per heavy atom. The standard InChI is InChI=1S/C17H17FO2S/c1-12-3-8-17(13(2)11-12)21(20)10-9-16(19)14-4-6-15(18)7-5-14/h3-8,11H,9-10H2,1-2H3. The highest BCUT2D eigenvalue weighted by atomic mass is 32.2. The molecule has 4 heteroatoms. The fraction of sp³-hybridized carbons (Fsp3) is 0.235. The van der Waals surface area contributed by atoms with Crippen LogP contribution in [0.25, 0.3) is 0 Å². The zero-order valence-electron chi connectivity index (χ0n) is 12.1. The van der Waals surface area contributed by atoms with Crippen molar-refractivity contribution in [3.05, 3.63) is 65.0 Å². The van der Waals surface area contributed by atoms with Crippen LogP contribution in [0.15, 0.2) is 47.4 Å². The molecule has 1 unspecified atom stereocenters. The molecule has 0 spiro atoms. The number of ketones is 1. The van der Waals surface area contributed by atoms with E-state index in [-0.39, 0.29) is 23.8 Å². The molecule has 0 aliphatic carbocycles. The van der Waals surface area contributed by atoms with E-state index in [0.717, 1.165) is 16.0 Å². The smallest absolute Gasteiger partial charge is 0.163 e. The summed E-state index contributed by atoms with van der Waals surface area (Å²) in [7, 11) is -1.20. The molecule has 2 aromatic rings. The second kappa shape index (κ2) is 6.76. The number of hydrogen-bond acceptors (Lipinski definition) is 2. The van der Waals surface area contributed by atoms with Crippen LogP contribution in [0.1, 0.15) is 27.9 Å². The lowest BCUT2D eigenvalue weighted by atomic mass is 10.1. The van der Waals surface area contributed by atoms with Crippen molar-refractivity contribution in [1.29, 1.82) is 0 Å². The number of rotatable bonds is 5. The van der Waals surface area contributed by atoms with Crippen LogP contribution in [-0.4, -0.2) is 15.7 Å². The zero-order valence-corrected chi connectivity index (χ0v) is 12.9. The molecule has 0 N–H and O–H groups in total. The summed E-state index contributed by atoms with van der Waals surface area (Å²) < 4.78 is 25.1. The van der Waals surface area contributed by atoms with Crippen LogP contribution in [0.4, 0.5) is 4.39 Å². The van der Waals surface area contributed by atoms with Gasteiger partial charge in [-0.25, -0.2) is 4.39 Å². The lowest BCUT2D eigenvalue weighted by molar-refractivity contribution is 0.0989. The van der Waals surface area contributed by atoms with Crippen LogP contribution in [0.5, 0.6) is 0 Å². The van der Waals surface area contributed by atoms with E-state index < -0.39 is 10.8 Å². The second-order valence-corrected chi connectivity index (χ2v) is 6.54. The number of hydrogen-bond donors (Lipinski definition) is 0. The SMILES string of the molecule is Cc1ccc(S(=O)CCC(=O)c2ccc(F)cc2)c(C)c1. The number of aryl methyl sites for hydroxylation is 2. The third-order valence-corrected chi connectivity index (χ3v) is 4.78.